The molecule has 1 aliphatic heterocycles. The maximum Gasteiger partial charge on any atom is 0.160 e. The van der Waals surface area contributed by atoms with Crippen molar-refractivity contribution in [1.29, 1.82) is 0 Å². The first-order chi connectivity index (χ1) is 11.5. The second kappa shape index (κ2) is 6.68. The molecular weight excluding hydrogens is 312 g/mol. The topological polar surface area (TPSA) is 99.4 Å². The van der Waals surface area contributed by atoms with Gasteiger partial charge in [0, 0.05) is 5.92 Å². The Kier molecular flexibility index (Phi) is 4.62. The van der Waals surface area contributed by atoms with E-state index in [1.54, 1.807) is 24.3 Å². The lowest BCUT2D eigenvalue weighted by molar-refractivity contribution is -0.139. The van der Waals surface area contributed by atoms with Gasteiger partial charge in [-0.1, -0.05) is 18.2 Å². The number of aromatic hydroxyl groups is 2. The fraction of sp³-hybridized carbons (Fsp3) is 0.333. The molecule has 0 radical (unpaired) electrons. The van der Waals surface area contributed by atoms with Crippen LogP contribution in [-0.4, -0.2) is 46.4 Å². The lowest BCUT2D eigenvalue weighted by atomic mass is 9.82. The molecule has 0 aliphatic carbocycles. The molecule has 3 rings (SSSR count). The third-order valence-electron chi connectivity index (χ3n) is 4.35. The van der Waals surface area contributed by atoms with Crippen LogP contribution in [0.2, 0.25) is 0 Å². The van der Waals surface area contributed by atoms with Crippen LogP contribution in [-0.2, 0) is 4.74 Å². The van der Waals surface area contributed by atoms with Gasteiger partial charge in [-0.3, -0.25) is 0 Å². The molecule has 0 spiro atoms. The van der Waals surface area contributed by atoms with Crippen LogP contribution in [0.1, 0.15) is 23.1 Å². The highest BCUT2D eigenvalue weighted by Gasteiger charge is 2.40. The third-order valence-corrected chi connectivity index (χ3v) is 4.35. The van der Waals surface area contributed by atoms with Crippen molar-refractivity contribution in [2.24, 2.45) is 0 Å². The van der Waals surface area contributed by atoms with Gasteiger partial charge in [0.1, 0.15) is 11.9 Å². The molecule has 1 aliphatic rings. The lowest BCUT2D eigenvalue weighted by Gasteiger charge is -2.38. The van der Waals surface area contributed by atoms with Crippen molar-refractivity contribution in [2.75, 3.05) is 13.7 Å². The Labute approximate surface area is 139 Å². The molecule has 2 aromatic rings. The van der Waals surface area contributed by atoms with Gasteiger partial charge in [0.2, 0.25) is 0 Å². The molecule has 1 heterocycles. The summed E-state index contributed by atoms with van der Waals surface area (Å²) < 4.78 is 10.7. The van der Waals surface area contributed by atoms with Crippen molar-refractivity contribution < 1.29 is 29.9 Å². The zero-order valence-corrected chi connectivity index (χ0v) is 13.2. The summed E-state index contributed by atoms with van der Waals surface area (Å²) in [6.07, 6.45) is -2.52. The Balaban J connectivity index is 1.92. The van der Waals surface area contributed by atoms with Gasteiger partial charge in [0.25, 0.3) is 0 Å². The maximum atomic E-state index is 10.8. The van der Waals surface area contributed by atoms with E-state index in [1.165, 1.54) is 25.3 Å². The largest absolute Gasteiger partial charge is 0.508 e. The van der Waals surface area contributed by atoms with E-state index in [4.69, 9.17) is 9.47 Å². The van der Waals surface area contributed by atoms with E-state index < -0.39 is 24.2 Å². The van der Waals surface area contributed by atoms with Crippen molar-refractivity contribution in [2.45, 2.75) is 24.2 Å². The normalized spacial score (nSPS) is 27.0. The van der Waals surface area contributed by atoms with Crippen molar-refractivity contribution in [1.82, 2.24) is 0 Å². The molecule has 1 saturated heterocycles. The first-order valence-electron chi connectivity index (χ1n) is 7.65. The number of methoxy groups -OCH3 is 1. The van der Waals surface area contributed by atoms with Gasteiger partial charge < -0.3 is 29.9 Å². The second-order valence-electron chi connectivity index (χ2n) is 5.86. The zero-order chi connectivity index (χ0) is 17.3. The molecule has 0 unspecified atom stereocenters. The molecule has 4 atom stereocenters. The van der Waals surface area contributed by atoms with E-state index in [2.05, 4.69) is 0 Å². The van der Waals surface area contributed by atoms with Gasteiger partial charge in [-0.25, -0.2) is 0 Å². The summed E-state index contributed by atoms with van der Waals surface area (Å²) in [5.41, 5.74) is 1.36. The molecule has 1 fully saturated rings. The molecule has 24 heavy (non-hydrogen) atoms. The van der Waals surface area contributed by atoms with Crippen molar-refractivity contribution in [3.63, 3.8) is 0 Å². The summed E-state index contributed by atoms with van der Waals surface area (Å²) in [7, 11) is 1.44. The van der Waals surface area contributed by atoms with Crippen molar-refractivity contribution >= 4 is 0 Å². The number of aliphatic hydroxyl groups is 2. The highest BCUT2D eigenvalue weighted by Crippen LogP contribution is 2.40. The summed E-state index contributed by atoms with van der Waals surface area (Å²) in [6, 6.07) is 11.1. The molecule has 6 heteroatoms. The smallest absolute Gasteiger partial charge is 0.160 e. The van der Waals surface area contributed by atoms with Gasteiger partial charge in [-0.2, -0.15) is 0 Å². The Morgan fingerprint density at radius 2 is 1.67 bits per heavy atom. The number of benzene rings is 2. The molecule has 128 valence electrons. The van der Waals surface area contributed by atoms with Gasteiger partial charge in [-0.05, 0) is 35.4 Å². The summed E-state index contributed by atoms with van der Waals surface area (Å²) >= 11 is 0. The standard InChI is InChI=1S/C18H20O6/c1-23-15-8-11(4-7-13(15)20)18-17(22)16(14(21)9-24-18)10-2-5-12(19)6-3-10/h2-8,14,16-22H,9H2,1H3/t14-,16+,17-,18+/m0/s1. The Bertz CT molecular complexity index is 699. The molecule has 0 amide bonds. The summed E-state index contributed by atoms with van der Waals surface area (Å²) in [5.74, 6) is -0.143. The van der Waals surface area contributed by atoms with E-state index in [0.717, 1.165) is 0 Å². The van der Waals surface area contributed by atoms with Gasteiger partial charge in [-0.15, -0.1) is 0 Å². The van der Waals surface area contributed by atoms with Crippen LogP contribution in [0.4, 0.5) is 0 Å². The quantitative estimate of drug-likeness (QED) is 0.682. The minimum Gasteiger partial charge on any atom is -0.508 e. The number of aliphatic hydroxyl groups excluding tert-OH is 2. The number of rotatable bonds is 3. The number of phenolic OH excluding ortho intramolecular Hbond substituents is 2. The summed E-state index contributed by atoms with van der Waals surface area (Å²) in [5, 5.41) is 40.1. The van der Waals surface area contributed by atoms with Crippen LogP contribution in [0.25, 0.3) is 0 Å². The van der Waals surface area contributed by atoms with Crippen LogP contribution >= 0.6 is 0 Å². The van der Waals surface area contributed by atoms with E-state index in [1.807, 2.05) is 0 Å². The number of ether oxygens (including phenoxy) is 2. The Morgan fingerprint density at radius 3 is 2.33 bits per heavy atom. The van der Waals surface area contributed by atoms with Crippen LogP contribution in [0.3, 0.4) is 0 Å². The number of phenols is 2. The minimum absolute atomic E-state index is 0.00154. The predicted molar refractivity (Wildman–Crippen MR) is 86.2 cm³/mol. The molecule has 0 aromatic heterocycles. The van der Waals surface area contributed by atoms with Crippen LogP contribution < -0.4 is 4.74 Å². The van der Waals surface area contributed by atoms with E-state index in [9.17, 15) is 20.4 Å². The SMILES string of the molecule is COc1cc([C@H]2OC[C@H](O)[C@@H](c3ccc(O)cc3)[C@@H]2O)ccc1O. The summed E-state index contributed by atoms with van der Waals surface area (Å²) in [6.45, 7) is 0.0659. The van der Waals surface area contributed by atoms with Crippen LogP contribution in [0.15, 0.2) is 42.5 Å². The molecule has 2 aromatic carbocycles. The van der Waals surface area contributed by atoms with Crippen molar-refractivity contribution in [3.8, 4) is 17.2 Å². The average molecular weight is 332 g/mol. The monoisotopic (exact) mass is 332 g/mol. The van der Waals surface area contributed by atoms with Crippen molar-refractivity contribution in [3.05, 3.63) is 53.6 Å². The van der Waals surface area contributed by atoms with Gasteiger partial charge >= 0.3 is 0 Å². The zero-order valence-electron chi connectivity index (χ0n) is 13.2. The predicted octanol–water partition coefficient (Wildman–Crippen LogP) is 1.68. The molecular formula is C18H20O6. The fourth-order valence-electron chi connectivity index (χ4n) is 3.10. The summed E-state index contributed by atoms with van der Waals surface area (Å²) in [4.78, 5) is 0. The van der Waals surface area contributed by atoms with Crippen LogP contribution in [0, 0.1) is 0 Å². The van der Waals surface area contributed by atoms with E-state index in [0.29, 0.717) is 11.1 Å². The Hall–Kier alpha value is -2.28. The van der Waals surface area contributed by atoms with E-state index in [-0.39, 0.29) is 23.9 Å². The second-order valence-corrected chi connectivity index (χ2v) is 5.86. The number of hydrogen-bond acceptors (Lipinski definition) is 6. The van der Waals surface area contributed by atoms with Crippen LogP contribution in [0.5, 0.6) is 17.2 Å². The first-order valence-corrected chi connectivity index (χ1v) is 7.65. The van der Waals surface area contributed by atoms with Gasteiger partial charge in [0.15, 0.2) is 11.5 Å². The Morgan fingerprint density at radius 1 is 1.00 bits per heavy atom. The molecule has 0 bridgehead atoms. The first kappa shape index (κ1) is 16.6. The van der Waals surface area contributed by atoms with E-state index >= 15 is 0 Å². The highest BCUT2D eigenvalue weighted by molar-refractivity contribution is 5.43. The third kappa shape index (κ3) is 3.03. The molecule has 4 N–H and O–H groups in total. The number of hydrogen-bond donors (Lipinski definition) is 4. The maximum absolute atomic E-state index is 10.8. The molecule has 0 saturated carbocycles. The average Bonchev–Trinajstić information content (AvgIpc) is 2.57. The molecule has 6 nitrogen and oxygen atoms in total. The van der Waals surface area contributed by atoms with Gasteiger partial charge in [0.05, 0.1) is 25.9 Å². The fourth-order valence-corrected chi connectivity index (χ4v) is 3.10. The highest BCUT2D eigenvalue weighted by atomic mass is 16.5. The minimum atomic E-state index is -0.993. The lowest BCUT2D eigenvalue weighted by Crippen LogP contribution is -2.43.